The second-order valence-electron chi connectivity index (χ2n) is 5.40. The zero-order valence-corrected chi connectivity index (χ0v) is 13.5. The molecule has 22 heavy (non-hydrogen) atoms. The molecule has 0 radical (unpaired) electrons. The number of carboxylic acids is 1. The van der Waals surface area contributed by atoms with Crippen LogP contribution in [-0.2, 0) is 6.42 Å². The van der Waals surface area contributed by atoms with Gasteiger partial charge >= 0.3 is 5.97 Å². The van der Waals surface area contributed by atoms with Gasteiger partial charge in [0.2, 0.25) is 5.43 Å². The first kappa shape index (κ1) is 16.1. The summed E-state index contributed by atoms with van der Waals surface area (Å²) in [4.78, 5) is 24.2. The maximum Gasteiger partial charge on any atom is 0.343 e. The first-order chi connectivity index (χ1) is 10.3. The smallest absolute Gasteiger partial charge is 0.343 e. The lowest BCUT2D eigenvalue weighted by atomic mass is 9.97. The number of aromatic carboxylic acids is 1. The fraction of sp³-hybridized carbons (Fsp3) is 0.412. The summed E-state index contributed by atoms with van der Waals surface area (Å²) in [6, 6.07) is 0. The van der Waals surface area contributed by atoms with Gasteiger partial charge in [-0.1, -0.05) is 6.92 Å². The molecule has 0 aliphatic rings. The van der Waals surface area contributed by atoms with Gasteiger partial charge in [-0.3, -0.25) is 4.79 Å². The van der Waals surface area contributed by atoms with E-state index in [1.54, 1.807) is 6.92 Å². The summed E-state index contributed by atoms with van der Waals surface area (Å²) in [5.41, 5.74) is 1.97. The van der Waals surface area contributed by atoms with E-state index in [-0.39, 0.29) is 16.7 Å². The molecule has 0 atom stereocenters. The van der Waals surface area contributed by atoms with E-state index in [9.17, 15) is 14.7 Å². The molecule has 118 valence electrons. The van der Waals surface area contributed by atoms with Crippen molar-refractivity contribution in [3.05, 3.63) is 38.2 Å². The molecule has 5 heteroatoms. The summed E-state index contributed by atoms with van der Waals surface area (Å²) in [5.74, 6) is -0.424. The quantitative estimate of drug-likeness (QED) is 0.937. The van der Waals surface area contributed by atoms with Crippen molar-refractivity contribution >= 4 is 16.9 Å². The van der Waals surface area contributed by atoms with Gasteiger partial charge in [-0.25, -0.2) is 4.79 Å². The van der Waals surface area contributed by atoms with Crippen LogP contribution in [0, 0.1) is 20.8 Å². The number of aryl methyl sites for hydroxylation is 3. The number of fused-ring (bicyclic) bond motifs is 1. The molecule has 0 saturated carbocycles. The summed E-state index contributed by atoms with van der Waals surface area (Å²) >= 11 is 0. The molecule has 0 fully saturated rings. The van der Waals surface area contributed by atoms with Crippen LogP contribution in [0.1, 0.15) is 46.2 Å². The monoisotopic (exact) mass is 304 g/mol. The molecule has 1 aromatic heterocycles. The largest absolute Gasteiger partial charge is 0.496 e. The van der Waals surface area contributed by atoms with Gasteiger partial charge in [0.05, 0.1) is 12.5 Å². The molecule has 0 unspecified atom stereocenters. The summed E-state index contributed by atoms with van der Waals surface area (Å²) in [6.45, 7) is 7.40. The molecule has 0 bridgehead atoms. The summed E-state index contributed by atoms with van der Waals surface area (Å²) < 4.78 is 11.2. The predicted octanol–water partition coefficient (Wildman–Crippen LogP) is 3.38. The van der Waals surface area contributed by atoms with Gasteiger partial charge in [-0.15, -0.1) is 0 Å². The SMILES string of the molecule is CCCc1oc2c(C)c(C)c(OC)c(C)c2c(=O)c1C(=O)O. The van der Waals surface area contributed by atoms with Gasteiger partial charge in [0.15, 0.2) is 0 Å². The molecule has 5 nitrogen and oxygen atoms in total. The molecule has 2 aromatic rings. The van der Waals surface area contributed by atoms with E-state index in [2.05, 4.69) is 0 Å². The standard InChI is InChI=1S/C17H20O5/c1-6-7-11-13(17(19)20)14(18)12-10(4)15(21-5)8(2)9(3)16(12)22-11/h6-7H2,1-5H3,(H,19,20). The fourth-order valence-corrected chi connectivity index (χ4v) is 2.85. The highest BCUT2D eigenvalue weighted by Crippen LogP contribution is 2.34. The molecular formula is C17H20O5. The van der Waals surface area contributed by atoms with Crippen LogP contribution in [0.15, 0.2) is 9.21 Å². The Labute approximate surface area is 128 Å². The van der Waals surface area contributed by atoms with Crippen molar-refractivity contribution in [3.8, 4) is 5.75 Å². The third-order valence-corrected chi connectivity index (χ3v) is 4.04. The Bertz CT molecular complexity index is 814. The third kappa shape index (κ3) is 2.26. The number of carboxylic acid groups (broad SMARTS) is 1. The Morgan fingerprint density at radius 1 is 1.18 bits per heavy atom. The molecular weight excluding hydrogens is 284 g/mol. The second kappa shape index (κ2) is 5.83. The van der Waals surface area contributed by atoms with Crippen LogP contribution in [0.25, 0.3) is 11.0 Å². The van der Waals surface area contributed by atoms with Crippen molar-refractivity contribution in [1.29, 1.82) is 0 Å². The van der Waals surface area contributed by atoms with Crippen molar-refractivity contribution in [2.45, 2.75) is 40.5 Å². The highest BCUT2D eigenvalue weighted by atomic mass is 16.5. The maximum atomic E-state index is 12.7. The summed E-state index contributed by atoms with van der Waals surface area (Å²) in [6.07, 6.45) is 1.11. The molecule has 0 amide bonds. The third-order valence-electron chi connectivity index (χ3n) is 4.04. The van der Waals surface area contributed by atoms with Crippen LogP contribution in [0.5, 0.6) is 5.75 Å². The van der Waals surface area contributed by atoms with Crippen LogP contribution in [0.2, 0.25) is 0 Å². The minimum atomic E-state index is -1.25. The van der Waals surface area contributed by atoms with Crippen LogP contribution >= 0.6 is 0 Å². The van der Waals surface area contributed by atoms with E-state index in [4.69, 9.17) is 9.15 Å². The summed E-state index contributed by atoms with van der Waals surface area (Å²) in [5, 5.41) is 9.67. The number of ether oxygens (including phenoxy) is 1. The van der Waals surface area contributed by atoms with E-state index in [1.165, 1.54) is 7.11 Å². The molecule has 1 N–H and O–H groups in total. The Balaban J connectivity index is 3.07. The van der Waals surface area contributed by atoms with Crippen molar-refractivity contribution in [2.75, 3.05) is 7.11 Å². The first-order valence-electron chi connectivity index (χ1n) is 7.21. The molecule has 1 heterocycles. The zero-order valence-electron chi connectivity index (χ0n) is 13.5. The number of benzene rings is 1. The molecule has 1 aromatic carbocycles. The Hall–Kier alpha value is -2.30. The van der Waals surface area contributed by atoms with Gasteiger partial charge in [-0.2, -0.15) is 0 Å². The summed E-state index contributed by atoms with van der Waals surface area (Å²) in [7, 11) is 1.53. The molecule has 0 saturated heterocycles. The molecule has 2 rings (SSSR count). The Morgan fingerprint density at radius 3 is 2.32 bits per heavy atom. The number of hydrogen-bond acceptors (Lipinski definition) is 4. The number of carbonyl (C=O) groups is 1. The highest BCUT2D eigenvalue weighted by molar-refractivity contribution is 5.95. The van der Waals surface area contributed by atoms with Gasteiger partial charge in [0, 0.05) is 12.0 Å². The molecule has 0 aliphatic carbocycles. The number of methoxy groups -OCH3 is 1. The van der Waals surface area contributed by atoms with Crippen molar-refractivity contribution in [1.82, 2.24) is 0 Å². The normalized spacial score (nSPS) is 11.0. The fourth-order valence-electron chi connectivity index (χ4n) is 2.85. The average Bonchev–Trinajstić information content (AvgIpc) is 2.45. The van der Waals surface area contributed by atoms with Crippen molar-refractivity contribution < 1.29 is 19.1 Å². The van der Waals surface area contributed by atoms with Crippen LogP contribution in [0.3, 0.4) is 0 Å². The van der Waals surface area contributed by atoms with Crippen LogP contribution in [-0.4, -0.2) is 18.2 Å². The topological polar surface area (TPSA) is 76.7 Å². The lowest BCUT2D eigenvalue weighted by molar-refractivity contribution is 0.0691. The highest BCUT2D eigenvalue weighted by Gasteiger charge is 2.24. The zero-order chi connectivity index (χ0) is 16.6. The van der Waals surface area contributed by atoms with Gasteiger partial charge in [0.25, 0.3) is 0 Å². The van der Waals surface area contributed by atoms with Crippen molar-refractivity contribution in [3.63, 3.8) is 0 Å². The minimum absolute atomic E-state index is 0.236. The minimum Gasteiger partial charge on any atom is -0.496 e. The van der Waals surface area contributed by atoms with Crippen LogP contribution in [0.4, 0.5) is 0 Å². The Kier molecular flexibility index (Phi) is 4.26. The van der Waals surface area contributed by atoms with E-state index in [1.807, 2.05) is 20.8 Å². The lowest BCUT2D eigenvalue weighted by Crippen LogP contribution is -2.19. The average molecular weight is 304 g/mol. The maximum absolute atomic E-state index is 12.7. The van der Waals surface area contributed by atoms with E-state index in [0.29, 0.717) is 29.7 Å². The van der Waals surface area contributed by atoms with Gasteiger partial charge in [-0.05, 0) is 38.3 Å². The predicted molar refractivity (Wildman–Crippen MR) is 84.2 cm³/mol. The number of rotatable bonds is 4. The lowest BCUT2D eigenvalue weighted by Gasteiger charge is -2.16. The first-order valence-corrected chi connectivity index (χ1v) is 7.21. The van der Waals surface area contributed by atoms with E-state index in [0.717, 1.165) is 11.1 Å². The molecule has 0 aliphatic heterocycles. The second-order valence-corrected chi connectivity index (χ2v) is 5.40. The van der Waals surface area contributed by atoms with E-state index < -0.39 is 11.4 Å². The van der Waals surface area contributed by atoms with Crippen LogP contribution < -0.4 is 10.2 Å². The number of hydrogen-bond donors (Lipinski definition) is 1. The van der Waals surface area contributed by atoms with Gasteiger partial charge < -0.3 is 14.3 Å². The van der Waals surface area contributed by atoms with E-state index >= 15 is 0 Å². The Morgan fingerprint density at radius 2 is 1.82 bits per heavy atom. The van der Waals surface area contributed by atoms with Crippen molar-refractivity contribution in [2.24, 2.45) is 0 Å². The van der Waals surface area contributed by atoms with Gasteiger partial charge in [0.1, 0.15) is 22.7 Å². The molecule has 0 spiro atoms.